The van der Waals surface area contributed by atoms with Crippen molar-refractivity contribution in [3.63, 3.8) is 0 Å². The summed E-state index contributed by atoms with van der Waals surface area (Å²) in [5, 5.41) is 2.85. The molecule has 2 aromatic heterocycles. The van der Waals surface area contributed by atoms with E-state index in [1.54, 1.807) is 48.9 Å². The fourth-order valence-corrected chi connectivity index (χ4v) is 10.3. The molecule has 1 aliphatic heterocycles. The number of hydrogen-bond acceptors (Lipinski definition) is 11. The van der Waals surface area contributed by atoms with Crippen LogP contribution < -0.4 is 5.32 Å². The molecule has 1 aromatic carbocycles. The van der Waals surface area contributed by atoms with Crippen molar-refractivity contribution in [3.05, 3.63) is 60.0 Å². The van der Waals surface area contributed by atoms with Crippen LogP contribution in [0.4, 0.5) is 5.82 Å². The van der Waals surface area contributed by atoms with Gasteiger partial charge in [0.15, 0.2) is 23.2 Å². The lowest BCUT2D eigenvalue weighted by Gasteiger charge is -2.38. The summed E-state index contributed by atoms with van der Waals surface area (Å²) in [5.41, 5.74) is 1.11. The third-order valence-electron chi connectivity index (χ3n) is 8.48. The molecule has 48 heavy (non-hydrogen) atoms. The van der Waals surface area contributed by atoms with Crippen LogP contribution in [-0.4, -0.2) is 99.7 Å². The minimum Gasteiger partial charge on any atom is -0.374 e. The molecule has 5 rings (SSSR count). The van der Waals surface area contributed by atoms with Crippen LogP contribution in [0.2, 0.25) is 0 Å². The molecule has 1 amide bonds. The van der Waals surface area contributed by atoms with Crippen molar-refractivity contribution in [2.75, 3.05) is 38.8 Å². The molecule has 2 fully saturated rings. The summed E-state index contributed by atoms with van der Waals surface area (Å²) in [4.78, 5) is 29.8. The molecule has 0 bridgehead atoms. The average molecular weight is 702 g/mol. The number of carbonyl (C=O) groups is 1. The molecule has 1 aliphatic carbocycles. The predicted molar refractivity (Wildman–Crippen MR) is 183 cm³/mol. The van der Waals surface area contributed by atoms with E-state index in [0.29, 0.717) is 29.8 Å². The number of methoxy groups -OCH3 is 1. The van der Waals surface area contributed by atoms with Crippen LogP contribution in [0.3, 0.4) is 0 Å². The Labute approximate surface area is 283 Å². The van der Waals surface area contributed by atoms with Crippen LogP contribution in [0, 0.1) is 12.5 Å². The molecule has 3 aromatic rings. The van der Waals surface area contributed by atoms with E-state index < -0.39 is 40.4 Å². The molecule has 260 valence electrons. The van der Waals surface area contributed by atoms with E-state index in [9.17, 15) is 9.36 Å². The number of nitrogens with one attached hydrogen (secondary N) is 1. The highest BCUT2D eigenvalue weighted by atomic mass is 31.2. The molecule has 2 aliphatic rings. The summed E-state index contributed by atoms with van der Waals surface area (Å²) in [7, 11) is -2.96. The second kappa shape index (κ2) is 15.8. The zero-order chi connectivity index (χ0) is 34.6. The standard InChI is InChI=1S/C32H45N7O7P2/c1-9-44-48(8,41)24-17-23(24)26-27(46-47(43-16-15-33-6)39(20(2)3)21(4)5)28(42-7)32(45-26)38-19-36-25-29(34-18-35-30(25)38)37-31(40)22-13-11-10-12-14-22/h10-14,18-21,23-24,26-28,32H,9,15-17H2,1-5,7-8H3,(H,34,35,37,40)/t23?,24?,26-,27?,28+,32-,47?,48?/m1/s1. The monoisotopic (exact) mass is 701 g/mol. The van der Waals surface area contributed by atoms with Gasteiger partial charge in [0.2, 0.25) is 13.9 Å². The Hall–Kier alpha value is -2.85. The normalized spacial score (nSPS) is 25.8. The van der Waals surface area contributed by atoms with Crippen molar-refractivity contribution in [1.29, 1.82) is 0 Å². The van der Waals surface area contributed by atoms with Crippen LogP contribution >= 0.6 is 15.9 Å². The van der Waals surface area contributed by atoms with Crippen LogP contribution in [0.25, 0.3) is 16.0 Å². The smallest absolute Gasteiger partial charge is 0.259 e. The Morgan fingerprint density at radius 3 is 2.56 bits per heavy atom. The zero-order valence-electron chi connectivity index (χ0n) is 28.4. The first-order valence-corrected chi connectivity index (χ1v) is 19.4. The molecular weight excluding hydrogens is 656 g/mol. The number of aromatic nitrogens is 4. The van der Waals surface area contributed by atoms with E-state index in [-0.39, 0.29) is 48.5 Å². The number of ether oxygens (including phenoxy) is 2. The van der Waals surface area contributed by atoms with Gasteiger partial charge in [0.05, 0.1) is 19.0 Å². The number of carbonyl (C=O) groups excluding carboxylic acids is 1. The number of imidazole rings is 1. The van der Waals surface area contributed by atoms with Crippen LogP contribution in [-0.2, 0) is 27.6 Å². The van der Waals surface area contributed by atoms with E-state index in [0.717, 1.165) is 0 Å². The molecule has 1 saturated heterocycles. The summed E-state index contributed by atoms with van der Waals surface area (Å²) in [6.45, 7) is 19.9. The highest BCUT2D eigenvalue weighted by Gasteiger charge is 2.61. The maximum atomic E-state index is 13.5. The summed E-state index contributed by atoms with van der Waals surface area (Å²) >= 11 is 0. The van der Waals surface area contributed by atoms with Gasteiger partial charge in [0.25, 0.3) is 14.4 Å². The molecule has 14 nitrogen and oxygen atoms in total. The maximum absolute atomic E-state index is 13.5. The van der Waals surface area contributed by atoms with Gasteiger partial charge in [-0.2, -0.15) is 0 Å². The van der Waals surface area contributed by atoms with Crippen LogP contribution in [0.15, 0.2) is 43.0 Å². The van der Waals surface area contributed by atoms with Crippen molar-refractivity contribution in [3.8, 4) is 0 Å². The second-order valence-electron chi connectivity index (χ2n) is 12.4. The zero-order valence-corrected chi connectivity index (χ0v) is 30.2. The molecule has 1 saturated carbocycles. The summed E-state index contributed by atoms with van der Waals surface area (Å²) in [6.07, 6.45) is 1.07. The van der Waals surface area contributed by atoms with Crippen molar-refractivity contribution in [2.45, 2.75) is 83.3 Å². The number of nitrogens with zero attached hydrogens (tertiary/aromatic N) is 6. The molecule has 16 heteroatoms. The van der Waals surface area contributed by atoms with Gasteiger partial charge in [-0.05, 0) is 53.2 Å². The van der Waals surface area contributed by atoms with Gasteiger partial charge >= 0.3 is 0 Å². The topological polar surface area (TPSA) is 144 Å². The van der Waals surface area contributed by atoms with Gasteiger partial charge in [0.1, 0.15) is 25.1 Å². The van der Waals surface area contributed by atoms with E-state index >= 15 is 0 Å². The predicted octanol–water partition coefficient (Wildman–Crippen LogP) is 5.99. The summed E-state index contributed by atoms with van der Waals surface area (Å²) in [5.74, 6) is -0.178. The molecular formula is C32H45N7O7P2. The Kier molecular flexibility index (Phi) is 12.0. The van der Waals surface area contributed by atoms with E-state index in [1.807, 2.05) is 13.0 Å². The van der Waals surface area contributed by atoms with Gasteiger partial charge in [-0.3, -0.25) is 13.9 Å². The van der Waals surface area contributed by atoms with Crippen molar-refractivity contribution in [1.82, 2.24) is 24.2 Å². The SMILES string of the molecule is [C-]#[N+]CCOP(OC1[C@@H](C2CC2P(C)(=O)OCC)O[C@@H](n2cnc3c(NC(=O)c4ccccc4)ncnc32)[C@H]1OC)N(C(C)C)C(C)C. The van der Waals surface area contributed by atoms with Gasteiger partial charge in [-0.25, -0.2) is 26.2 Å². The van der Waals surface area contributed by atoms with Crippen molar-refractivity contribution >= 4 is 38.8 Å². The van der Waals surface area contributed by atoms with Gasteiger partial charge < -0.3 is 33.2 Å². The lowest BCUT2D eigenvalue weighted by molar-refractivity contribution is -0.0525. The van der Waals surface area contributed by atoms with Crippen LogP contribution in [0.5, 0.6) is 0 Å². The first-order valence-electron chi connectivity index (χ1n) is 16.2. The molecule has 0 radical (unpaired) electrons. The van der Waals surface area contributed by atoms with Crippen molar-refractivity contribution < 1.29 is 32.4 Å². The van der Waals surface area contributed by atoms with Gasteiger partial charge in [-0.1, -0.05) is 18.2 Å². The van der Waals surface area contributed by atoms with Crippen molar-refractivity contribution in [2.24, 2.45) is 5.92 Å². The first kappa shape index (κ1) is 36.4. The molecule has 5 unspecified atom stereocenters. The Morgan fingerprint density at radius 2 is 1.92 bits per heavy atom. The Bertz CT molecular complexity index is 1630. The summed E-state index contributed by atoms with van der Waals surface area (Å²) in [6, 6.07) is 9.02. The van der Waals surface area contributed by atoms with E-state index in [2.05, 4.69) is 57.5 Å². The number of amides is 1. The number of benzene rings is 1. The number of fused-ring (bicyclic) bond motifs is 1. The minimum absolute atomic E-state index is 0.0860. The maximum Gasteiger partial charge on any atom is 0.259 e. The fraction of sp³-hybridized carbons (Fsp3) is 0.594. The number of hydrogen-bond donors (Lipinski definition) is 1. The molecule has 1 N–H and O–H groups in total. The highest BCUT2D eigenvalue weighted by Crippen LogP contribution is 2.65. The van der Waals surface area contributed by atoms with Gasteiger partial charge in [0, 0.05) is 43.0 Å². The summed E-state index contributed by atoms with van der Waals surface area (Å²) < 4.78 is 49.3. The van der Waals surface area contributed by atoms with Gasteiger partial charge in [-0.15, -0.1) is 0 Å². The third kappa shape index (κ3) is 7.80. The minimum atomic E-state index is -2.91. The third-order valence-corrected chi connectivity index (χ3v) is 13.2. The fourth-order valence-electron chi connectivity index (χ4n) is 6.34. The highest BCUT2D eigenvalue weighted by molar-refractivity contribution is 7.59. The Morgan fingerprint density at radius 1 is 1.19 bits per heavy atom. The number of rotatable bonds is 16. The van der Waals surface area contributed by atoms with E-state index in [1.165, 1.54) is 6.33 Å². The number of anilines is 1. The average Bonchev–Trinajstić information content (AvgIpc) is 3.62. The Balaban J connectivity index is 1.50. The first-order chi connectivity index (χ1) is 23.0. The van der Waals surface area contributed by atoms with Crippen LogP contribution in [0.1, 0.15) is 57.6 Å². The molecule has 0 spiro atoms. The lowest BCUT2D eigenvalue weighted by atomic mass is 10.1. The lowest BCUT2D eigenvalue weighted by Crippen LogP contribution is -2.40. The van der Waals surface area contributed by atoms with E-state index in [4.69, 9.17) is 29.6 Å². The molecule has 8 atom stereocenters. The quantitative estimate of drug-likeness (QED) is 0.107. The largest absolute Gasteiger partial charge is 0.374 e. The molecule has 3 heterocycles. The second-order valence-corrected chi connectivity index (χ2v) is 16.6.